The number of para-hydroxylation sites is 2. The van der Waals surface area contributed by atoms with E-state index in [-0.39, 0.29) is 11.6 Å². The van der Waals surface area contributed by atoms with Crippen molar-refractivity contribution in [3.05, 3.63) is 95.3 Å². The summed E-state index contributed by atoms with van der Waals surface area (Å²) in [6.07, 6.45) is 4.04. The van der Waals surface area contributed by atoms with Crippen LogP contribution in [0.15, 0.2) is 73.1 Å². The molecule has 3 atom stereocenters. The Labute approximate surface area is 193 Å². The van der Waals surface area contributed by atoms with Gasteiger partial charge in [0.15, 0.2) is 5.82 Å². The first-order chi connectivity index (χ1) is 16.2. The summed E-state index contributed by atoms with van der Waals surface area (Å²) in [5.74, 6) is 0.990. The number of rotatable bonds is 0. The van der Waals surface area contributed by atoms with Gasteiger partial charge in [0, 0.05) is 24.6 Å². The van der Waals surface area contributed by atoms with Gasteiger partial charge >= 0.3 is 0 Å². The Morgan fingerprint density at radius 3 is 2.61 bits per heavy atom. The second kappa shape index (κ2) is 5.66. The Kier molecular flexibility index (Phi) is 3.07. The van der Waals surface area contributed by atoms with E-state index in [0.29, 0.717) is 0 Å². The van der Waals surface area contributed by atoms with Crippen molar-refractivity contribution in [2.75, 3.05) is 16.8 Å². The van der Waals surface area contributed by atoms with Gasteiger partial charge in [-0.25, -0.2) is 9.67 Å². The predicted octanol–water partition coefficient (Wildman–Crippen LogP) is 4.70. The molecule has 0 radical (unpaired) electrons. The van der Waals surface area contributed by atoms with Gasteiger partial charge in [-0.3, -0.25) is 0 Å². The van der Waals surface area contributed by atoms with E-state index in [0.717, 1.165) is 25.2 Å². The van der Waals surface area contributed by atoms with Crippen molar-refractivity contribution in [3.63, 3.8) is 0 Å². The van der Waals surface area contributed by atoms with Gasteiger partial charge in [-0.2, -0.15) is 5.10 Å². The lowest BCUT2D eigenvalue weighted by atomic mass is 9.62. The number of benzene rings is 3. The molecule has 4 aliphatic rings. The topological polar surface area (TPSA) is 37.2 Å². The first-order valence-electron chi connectivity index (χ1n) is 11.9. The number of aryl methyl sites for hydroxylation is 1. The van der Waals surface area contributed by atoms with Crippen LogP contribution in [-0.2, 0) is 23.9 Å². The monoisotopic (exact) mass is 431 g/mol. The summed E-state index contributed by atoms with van der Waals surface area (Å²) in [4.78, 5) is 9.92. The summed E-state index contributed by atoms with van der Waals surface area (Å²) >= 11 is 0. The van der Waals surface area contributed by atoms with Crippen molar-refractivity contribution in [3.8, 4) is 11.4 Å². The minimum Gasteiger partial charge on any atom is -0.350 e. The molecule has 0 N–H and O–H groups in total. The van der Waals surface area contributed by atoms with Gasteiger partial charge in [0.05, 0.1) is 11.4 Å². The highest BCUT2D eigenvalue weighted by Gasteiger charge is 2.68. The molecular weight excluding hydrogens is 406 g/mol. The van der Waals surface area contributed by atoms with E-state index < -0.39 is 5.54 Å². The molecule has 1 aliphatic carbocycles. The Morgan fingerprint density at radius 2 is 1.70 bits per heavy atom. The molecule has 0 saturated heterocycles. The summed E-state index contributed by atoms with van der Waals surface area (Å²) in [6.45, 7) is 3.40. The van der Waals surface area contributed by atoms with Gasteiger partial charge in [0.1, 0.15) is 18.0 Å². The van der Waals surface area contributed by atoms with Crippen LogP contribution in [0.4, 0.5) is 11.4 Å². The normalized spacial score (nSPS) is 27.8. The summed E-state index contributed by atoms with van der Waals surface area (Å²) in [5.41, 5.74) is 9.11. The van der Waals surface area contributed by atoms with Crippen molar-refractivity contribution in [1.29, 1.82) is 0 Å². The number of likely N-dealkylation sites (N-methyl/N-ethyl adjacent to an activating group) is 1. The Bertz CT molecular complexity index is 1470. The molecule has 1 aromatic heterocycles. The van der Waals surface area contributed by atoms with Crippen molar-refractivity contribution in [1.82, 2.24) is 14.8 Å². The molecule has 4 heterocycles. The van der Waals surface area contributed by atoms with Crippen molar-refractivity contribution < 1.29 is 0 Å². The lowest BCUT2D eigenvalue weighted by Crippen LogP contribution is -2.65. The van der Waals surface area contributed by atoms with E-state index in [2.05, 4.69) is 95.2 Å². The average Bonchev–Trinajstić information content (AvgIpc) is 3.56. The molecule has 4 aromatic rings. The third-order valence-electron chi connectivity index (χ3n) is 8.93. The highest BCUT2D eigenvalue weighted by molar-refractivity contribution is 5.82. The lowest BCUT2D eigenvalue weighted by molar-refractivity contribution is 0.142. The standard InChI is InChI=1S/C28H25N5/c1-27-15-14-18-8-7-9-19(24(18)27)16-32-23-13-6-5-12-22(23)31(2)26(32)28(27)21-11-4-3-10-20(21)25-29-17-30-33(25)28/h3-13,17,26H,14-16H2,1-2H3. The van der Waals surface area contributed by atoms with Crippen LogP contribution in [0, 0.1) is 0 Å². The second-order valence-electron chi connectivity index (χ2n) is 10.2. The fraction of sp³-hybridized carbons (Fsp3) is 0.286. The largest absolute Gasteiger partial charge is 0.350 e. The first-order valence-corrected chi connectivity index (χ1v) is 11.9. The van der Waals surface area contributed by atoms with Crippen LogP contribution in [0.1, 0.15) is 35.6 Å². The Morgan fingerprint density at radius 1 is 0.909 bits per heavy atom. The van der Waals surface area contributed by atoms with Crippen LogP contribution in [0.5, 0.6) is 0 Å². The van der Waals surface area contributed by atoms with E-state index in [1.807, 2.05) is 0 Å². The zero-order valence-corrected chi connectivity index (χ0v) is 18.9. The predicted molar refractivity (Wildman–Crippen MR) is 129 cm³/mol. The van der Waals surface area contributed by atoms with Crippen LogP contribution >= 0.6 is 0 Å². The number of nitrogens with zero attached hydrogens (tertiary/aromatic N) is 5. The molecule has 3 aliphatic heterocycles. The van der Waals surface area contributed by atoms with Crippen LogP contribution in [-0.4, -0.2) is 28.0 Å². The van der Waals surface area contributed by atoms with Crippen molar-refractivity contribution in [2.24, 2.45) is 0 Å². The number of hydrogen-bond acceptors (Lipinski definition) is 4. The zero-order chi connectivity index (χ0) is 21.9. The minimum absolute atomic E-state index is 0.0855. The molecule has 162 valence electrons. The first kappa shape index (κ1) is 17.9. The fourth-order valence-electron chi connectivity index (χ4n) is 7.80. The zero-order valence-electron chi connectivity index (χ0n) is 18.9. The van der Waals surface area contributed by atoms with Crippen molar-refractivity contribution in [2.45, 2.75) is 43.4 Å². The summed E-state index contributed by atoms with van der Waals surface area (Å²) < 4.78 is 2.29. The SMILES string of the molecule is CN1c2ccccc2N2Cc3cccc4c3C(C)(CC4)C3(c4ccccc4-c4ncnn43)C12. The molecule has 1 spiro atoms. The highest BCUT2D eigenvalue weighted by Crippen LogP contribution is 2.64. The quantitative estimate of drug-likeness (QED) is 0.404. The Hall–Kier alpha value is -3.60. The number of anilines is 2. The van der Waals surface area contributed by atoms with E-state index in [9.17, 15) is 0 Å². The van der Waals surface area contributed by atoms with Crippen LogP contribution in [0.25, 0.3) is 11.4 Å². The van der Waals surface area contributed by atoms with E-state index in [4.69, 9.17) is 10.1 Å². The van der Waals surface area contributed by atoms with Gasteiger partial charge in [0.2, 0.25) is 0 Å². The molecule has 0 fully saturated rings. The van der Waals surface area contributed by atoms with E-state index in [1.165, 1.54) is 39.2 Å². The molecule has 33 heavy (non-hydrogen) atoms. The highest BCUT2D eigenvalue weighted by atomic mass is 15.5. The lowest BCUT2D eigenvalue weighted by Gasteiger charge is -2.52. The summed E-state index contributed by atoms with van der Waals surface area (Å²) in [7, 11) is 2.26. The molecule has 0 amide bonds. The molecule has 0 saturated carbocycles. The third kappa shape index (κ3) is 1.78. The fourth-order valence-corrected chi connectivity index (χ4v) is 7.80. The van der Waals surface area contributed by atoms with Crippen LogP contribution < -0.4 is 9.80 Å². The second-order valence-corrected chi connectivity index (χ2v) is 10.2. The van der Waals surface area contributed by atoms with Crippen molar-refractivity contribution >= 4 is 11.4 Å². The maximum Gasteiger partial charge on any atom is 0.159 e. The number of aromatic nitrogens is 3. The molecule has 3 aromatic carbocycles. The van der Waals surface area contributed by atoms with E-state index >= 15 is 0 Å². The average molecular weight is 432 g/mol. The Balaban J connectivity index is 1.57. The van der Waals surface area contributed by atoms with Crippen LogP contribution in [0.3, 0.4) is 0 Å². The summed E-state index contributed by atoms with van der Waals surface area (Å²) in [5, 5.41) is 4.98. The number of hydrogen-bond donors (Lipinski definition) is 0. The van der Waals surface area contributed by atoms with Gasteiger partial charge in [0.25, 0.3) is 0 Å². The van der Waals surface area contributed by atoms with Gasteiger partial charge in [-0.05, 0) is 47.2 Å². The molecule has 5 nitrogen and oxygen atoms in total. The maximum atomic E-state index is 4.98. The van der Waals surface area contributed by atoms with Gasteiger partial charge in [-0.1, -0.05) is 61.5 Å². The number of fused-ring (bicyclic) bond motifs is 10. The van der Waals surface area contributed by atoms with Crippen LogP contribution in [0.2, 0.25) is 0 Å². The molecule has 8 rings (SSSR count). The molecular formula is C28H25N5. The smallest absolute Gasteiger partial charge is 0.159 e. The molecule has 5 heteroatoms. The van der Waals surface area contributed by atoms with Gasteiger partial charge in [-0.15, -0.1) is 0 Å². The maximum absolute atomic E-state index is 4.98. The minimum atomic E-state index is -0.402. The molecule has 0 bridgehead atoms. The van der Waals surface area contributed by atoms with E-state index in [1.54, 1.807) is 6.33 Å². The summed E-state index contributed by atoms with van der Waals surface area (Å²) in [6, 6.07) is 24.7. The molecule has 3 unspecified atom stereocenters. The van der Waals surface area contributed by atoms with Gasteiger partial charge < -0.3 is 9.80 Å². The third-order valence-corrected chi connectivity index (χ3v) is 8.93.